The number of nitrogens with zero attached hydrogens (tertiary/aromatic N) is 1. The molecule has 0 spiro atoms. The van der Waals surface area contributed by atoms with Crippen molar-refractivity contribution in [3.63, 3.8) is 0 Å². The maximum Gasteiger partial charge on any atom is 0.142 e. The quantitative estimate of drug-likeness (QED) is 0.501. The van der Waals surface area contributed by atoms with Gasteiger partial charge in [0, 0.05) is 11.1 Å². The summed E-state index contributed by atoms with van der Waals surface area (Å²) in [6, 6.07) is 14.5. The van der Waals surface area contributed by atoms with Gasteiger partial charge in [0.05, 0.1) is 5.56 Å². The number of hydrogen-bond donors (Lipinski definition) is 0. The van der Waals surface area contributed by atoms with Crippen LogP contribution >= 0.6 is 0 Å². The summed E-state index contributed by atoms with van der Waals surface area (Å²) in [6.07, 6.45) is 7.55. The lowest BCUT2D eigenvalue weighted by Crippen LogP contribution is -1.87. The van der Waals surface area contributed by atoms with Gasteiger partial charge in [0.2, 0.25) is 0 Å². The van der Waals surface area contributed by atoms with Gasteiger partial charge in [-0.05, 0) is 48.7 Å². The largest absolute Gasteiger partial charge is 0.206 e. The monoisotopic (exact) mass is 319 g/mol. The van der Waals surface area contributed by atoms with Gasteiger partial charge in [0.1, 0.15) is 11.9 Å². The molecule has 2 aromatic rings. The van der Waals surface area contributed by atoms with E-state index in [-0.39, 0.29) is 5.56 Å². The Kier molecular flexibility index (Phi) is 7.06. The summed E-state index contributed by atoms with van der Waals surface area (Å²) in [7, 11) is 0. The molecule has 0 saturated carbocycles. The molecule has 0 aliphatic carbocycles. The van der Waals surface area contributed by atoms with Crippen LogP contribution in [0, 0.1) is 29.0 Å². The zero-order chi connectivity index (χ0) is 17.2. The van der Waals surface area contributed by atoms with Crippen LogP contribution in [0.25, 0.3) is 0 Å². The third-order valence-corrected chi connectivity index (χ3v) is 3.96. The first kappa shape index (κ1) is 17.8. The third kappa shape index (κ3) is 5.56. The van der Waals surface area contributed by atoms with Crippen molar-refractivity contribution in [2.75, 3.05) is 0 Å². The van der Waals surface area contributed by atoms with Crippen molar-refractivity contribution in [3.05, 3.63) is 70.5 Å². The summed E-state index contributed by atoms with van der Waals surface area (Å²) < 4.78 is 13.5. The van der Waals surface area contributed by atoms with Crippen LogP contribution in [0.3, 0.4) is 0 Å². The highest BCUT2D eigenvalue weighted by Gasteiger charge is 2.00. The lowest BCUT2D eigenvalue weighted by atomic mass is 10.0. The smallest absolute Gasteiger partial charge is 0.142 e. The molecule has 24 heavy (non-hydrogen) atoms. The van der Waals surface area contributed by atoms with Gasteiger partial charge >= 0.3 is 0 Å². The van der Waals surface area contributed by atoms with E-state index in [0.717, 1.165) is 12.0 Å². The summed E-state index contributed by atoms with van der Waals surface area (Å²) in [6.45, 7) is 2.23. The highest BCUT2D eigenvalue weighted by Crippen LogP contribution is 2.11. The Labute approximate surface area is 144 Å². The van der Waals surface area contributed by atoms with Crippen molar-refractivity contribution in [2.24, 2.45) is 0 Å². The van der Waals surface area contributed by atoms with E-state index in [2.05, 4.69) is 30.9 Å². The normalized spacial score (nSPS) is 9.88. The molecule has 0 amide bonds. The molecule has 2 heteroatoms. The van der Waals surface area contributed by atoms with E-state index >= 15 is 0 Å². The minimum atomic E-state index is -0.525. The molecule has 1 nitrogen and oxygen atoms in total. The van der Waals surface area contributed by atoms with E-state index in [9.17, 15) is 4.39 Å². The molecule has 0 saturated heterocycles. The number of hydrogen-bond acceptors (Lipinski definition) is 1. The molecule has 0 fully saturated rings. The molecular weight excluding hydrogens is 297 g/mol. The number of nitriles is 1. The zero-order valence-electron chi connectivity index (χ0n) is 14.1. The molecule has 0 aliphatic heterocycles. The van der Waals surface area contributed by atoms with Crippen LogP contribution in [0.15, 0.2) is 42.5 Å². The fourth-order valence-corrected chi connectivity index (χ4v) is 2.52. The molecule has 0 N–H and O–H groups in total. The summed E-state index contributed by atoms with van der Waals surface area (Å²) in [5, 5.41) is 8.72. The van der Waals surface area contributed by atoms with Gasteiger partial charge in [-0.2, -0.15) is 5.26 Å². The second kappa shape index (κ2) is 9.53. The van der Waals surface area contributed by atoms with Crippen LogP contribution in [-0.4, -0.2) is 0 Å². The first-order valence-electron chi connectivity index (χ1n) is 8.53. The van der Waals surface area contributed by atoms with Crippen LogP contribution < -0.4 is 0 Å². The van der Waals surface area contributed by atoms with Crippen LogP contribution in [0.1, 0.15) is 61.3 Å². The number of benzene rings is 2. The Bertz CT molecular complexity index is 757. The molecule has 0 heterocycles. The Morgan fingerprint density at radius 2 is 1.54 bits per heavy atom. The first-order chi connectivity index (χ1) is 11.7. The number of halogens is 1. The fraction of sp³-hybridized carbons (Fsp3) is 0.318. The SMILES string of the molecule is CCCCCCCc1ccc(C#Cc2ccc(C#N)c(F)c2)cc1. The molecule has 2 aromatic carbocycles. The highest BCUT2D eigenvalue weighted by atomic mass is 19.1. The summed E-state index contributed by atoms with van der Waals surface area (Å²) in [5.74, 6) is 5.45. The van der Waals surface area contributed by atoms with E-state index in [0.29, 0.717) is 5.56 Å². The Morgan fingerprint density at radius 1 is 0.875 bits per heavy atom. The van der Waals surface area contributed by atoms with Crippen LogP contribution in [0.2, 0.25) is 0 Å². The van der Waals surface area contributed by atoms with Crippen molar-refractivity contribution in [1.29, 1.82) is 5.26 Å². The van der Waals surface area contributed by atoms with Crippen molar-refractivity contribution in [2.45, 2.75) is 45.4 Å². The Morgan fingerprint density at radius 3 is 2.21 bits per heavy atom. The van der Waals surface area contributed by atoms with E-state index in [1.54, 1.807) is 6.07 Å². The molecule has 0 aromatic heterocycles. The van der Waals surface area contributed by atoms with Gasteiger partial charge in [0.25, 0.3) is 0 Å². The molecule has 0 atom stereocenters. The van der Waals surface area contributed by atoms with E-state index in [1.165, 1.54) is 49.8 Å². The molecular formula is C22H22FN. The predicted octanol–water partition coefficient (Wildman–Crippen LogP) is 5.61. The molecule has 0 aliphatic rings. The summed E-state index contributed by atoms with van der Waals surface area (Å²) >= 11 is 0. The highest BCUT2D eigenvalue weighted by molar-refractivity contribution is 5.45. The Balaban J connectivity index is 1.92. The summed E-state index contributed by atoms with van der Waals surface area (Å²) in [5.41, 5.74) is 2.87. The maximum atomic E-state index is 13.5. The van der Waals surface area contributed by atoms with Gasteiger partial charge in [-0.1, -0.05) is 56.6 Å². The predicted molar refractivity (Wildman–Crippen MR) is 96.0 cm³/mol. The molecule has 2 rings (SSSR count). The van der Waals surface area contributed by atoms with Crippen LogP contribution in [0.4, 0.5) is 4.39 Å². The molecule has 122 valence electrons. The van der Waals surface area contributed by atoms with Crippen molar-refractivity contribution in [3.8, 4) is 17.9 Å². The summed E-state index contributed by atoms with van der Waals surface area (Å²) in [4.78, 5) is 0. The van der Waals surface area contributed by atoms with Gasteiger partial charge < -0.3 is 0 Å². The van der Waals surface area contributed by atoms with Crippen molar-refractivity contribution >= 4 is 0 Å². The van der Waals surface area contributed by atoms with Crippen molar-refractivity contribution in [1.82, 2.24) is 0 Å². The second-order valence-corrected chi connectivity index (χ2v) is 5.92. The first-order valence-corrected chi connectivity index (χ1v) is 8.53. The Hall–Kier alpha value is -2.58. The van der Waals surface area contributed by atoms with E-state index < -0.39 is 5.82 Å². The number of rotatable bonds is 6. The number of unbranched alkanes of at least 4 members (excludes halogenated alkanes) is 4. The van der Waals surface area contributed by atoms with Crippen molar-refractivity contribution < 1.29 is 4.39 Å². The maximum absolute atomic E-state index is 13.5. The average Bonchev–Trinajstić information content (AvgIpc) is 2.61. The standard InChI is InChI=1S/C22H22FN/c1-2-3-4-5-6-7-18-8-10-19(11-9-18)12-13-20-14-15-21(17-24)22(23)16-20/h8-11,14-16H,2-7H2,1H3. The lowest BCUT2D eigenvalue weighted by Gasteiger charge is -2.01. The fourth-order valence-electron chi connectivity index (χ4n) is 2.52. The average molecular weight is 319 g/mol. The lowest BCUT2D eigenvalue weighted by molar-refractivity contribution is 0.623. The second-order valence-electron chi connectivity index (χ2n) is 5.92. The minimum absolute atomic E-state index is 0.0452. The van der Waals surface area contributed by atoms with Gasteiger partial charge in [-0.3, -0.25) is 0 Å². The van der Waals surface area contributed by atoms with Gasteiger partial charge in [-0.15, -0.1) is 0 Å². The van der Waals surface area contributed by atoms with Crippen LogP contribution in [-0.2, 0) is 6.42 Å². The molecule has 0 bridgehead atoms. The van der Waals surface area contributed by atoms with Gasteiger partial charge in [-0.25, -0.2) is 4.39 Å². The zero-order valence-corrected chi connectivity index (χ0v) is 14.1. The number of aryl methyl sites for hydroxylation is 1. The van der Waals surface area contributed by atoms with E-state index in [4.69, 9.17) is 5.26 Å². The third-order valence-electron chi connectivity index (χ3n) is 3.96. The van der Waals surface area contributed by atoms with Gasteiger partial charge in [0.15, 0.2) is 0 Å². The van der Waals surface area contributed by atoms with E-state index in [1.807, 2.05) is 18.2 Å². The minimum Gasteiger partial charge on any atom is -0.206 e. The molecule has 0 radical (unpaired) electrons. The molecule has 0 unspecified atom stereocenters. The topological polar surface area (TPSA) is 23.8 Å². The van der Waals surface area contributed by atoms with Crippen LogP contribution in [0.5, 0.6) is 0 Å².